The molecule has 0 bridgehead atoms. The predicted molar refractivity (Wildman–Crippen MR) is 142 cm³/mol. The van der Waals surface area contributed by atoms with Gasteiger partial charge in [0.2, 0.25) is 0 Å². The molecule has 12 heteroatoms. The maximum atomic E-state index is 6.41. The molecule has 2 atom stereocenters. The van der Waals surface area contributed by atoms with Gasteiger partial charge in [-0.2, -0.15) is 0 Å². The largest absolute Gasteiger partial charge is 0.493 e. The van der Waals surface area contributed by atoms with Crippen LogP contribution in [0, 0.1) is 0 Å². The maximum Gasteiger partial charge on any atom is 0.163 e. The zero-order chi connectivity index (χ0) is 23.7. The highest BCUT2D eigenvalue weighted by molar-refractivity contribution is 9.10. The van der Waals surface area contributed by atoms with E-state index < -0.39 is 0 Å². The van der Waals surface area contributed by atoms with E-state index in [1.54, 1.807) is 7.11 Å². The second-order valence-electron chi connectivity index (χ2n) is 8.08. The van der Waals surface area contributed by atoms with E-state index >= 15 is 0 Å². The molecule has 2 saturated heterocycles. The summed E-state index contributed by atoms with van der Waals surface area (Å²) in [4.78, 5) is 11.2. The van der Waals surface area contributed by atoms with Gasteiger partial charge in [0.15, 0.2) is 11.5 Å². The van der Waals surface area contributed by atoms with Crippen molar-refractivity contribution in [1.82, 2.24) is 14.9 Å². The third-order valence-corrected chi connectivity index (χ3v) is 7.72. The van der Waals surface area contributed by atoms with Crippen LogP contribution in [0.1, 0.15) is 0 Å². The van der Waals surface area contributed by atoms with Crippen molar-refractivity contribution in [3.63, 3.8) is 0 Å². The maximum absolute atomic E-state index is 6.41. The van der Waals surface area contributed by atoms with Crippen LogP contribution in [0.4, 0.5) is 11.5 Å². The molecule has 2 fully saturated rings. The molecular weight excluding hydrogens is 583 g/mol. The highest BCUT2D eigenvalue weighted by Crippen LogP contribution is 2.39. The Bertz CT molecular complexity index is 1210. The van der Waals surface area contributed by atoms with Crippen LogP contribution >= 0.6 is 51.5 Å². The molecule has 1 N–H and O–H groups in total. The lowest BCUT2D eigenvalue weighted by Gasteiger charge is -2.41. The molecule has 2 aliphatic rings. The summed E-state index contributed by atoms with van der Waals surface area (Å²) in [7, 11) is 1.60. The van der Waals surface area contributed by atoms with Gasteiger partial charge >= 0.3 is 0 Å². The minimum absolute atomic E-state index is 0. The van der Waals surface area contributed by atoms with Crippen LogP contribution in [0.15, 0.2) is 35.1 Å². The third-order valence-electron chi connectivity index (χ3n) is 5.95. The Morgan fingerprint density at radius 1 is 1.17 bits per heavy atom. The van der Waals surface area contributed by atoms with Crippen molar-refractivity contribution >= 4 is 73.9 Å². The fraction of sp³-hybridized carbons (Fsp3) is 0.391. The van der Waals surface area contributed by atoms with Gasteiger partial charge in [0.1, 0.15) is 24.9 Å². The Labute approximate surface area is 227 Å². The van der Waals surface area contributed by atoms with Crippen LogP contribution in [-0.4, -0.2) is 73.6 Å². The number of benzene rings is 2. The van der Waals surface area contributed by atoms with Gasteiger partial charge in [-0.25, -0.2) is 9.97 Å². The summed E-state index contributed by atoms with van der Waals surface area (Å²) in [5.41, 5.74) is 1.33. The fourth-order valence-corrected chi connectivity index (χ4v) is 4.94. The minimum atomic E-state index is -0.0262. The van der Waals surface area contributed by atoms with E-state index in [-0.39, 0.29) is 18.5 Å². The summed E-state index contributed by atoms with van der Waals surface area (Å²) in [5, 5.41) is 4.82. The van der Waals surface area contributed by atoms with Gasteiger partial charge in [-0.15, -0.1) is 12.4 Å². The number of anilines is 2. The van der Waals surface area contributed by atoms with Crippen molar-refractivity contribution in [2.24, 2.45) is 0 Å². The summed E-state index contributed by atoms with van der Waals surface area (Å²) in [6.07, 6.45) is 1.46. The molecule has 3 aromatic rings. The van der Waals surface area contributed by atoms with E-state index in [2.05, 4.69) is 36.1 Å². The van der Waals surface area contributed by atoms with Crippen molar-refractivity contribution in [3.8, 4) is 11.5 Å². The minimum Gasteiger partial charge on any atom is -0.493 e. The summed E-state index contributed by atoms with van der Waals surface area (Å²) < 4.78 is 24.0. The van der Waals surface area contributed by atoms with E-state index in [9.17, 15) is 0 Å². The molecule has 2 aromatic carbocycles. The first-order chi connectivity index (χ1) is 16.5. The molecule has 0 saturated carbocycles. The summed E-state index contributed by atoms with van der Waals surface area (Å²) in [5.74, 6) is 1.74. The molecule has 0 unspecified atom stereocenters. The summed E-state index contributed by atoms with van der Waals surface area (Å²) >= 11 is 16.0. The van der Waals surface area contributed by atoms with Crippen LogP contribution in [0.25, 0.3) is 10.9 Å². The second kappa shape index (κ2) is 11.6. The van der Waals surface area contributed by atoms with Gasteiger partial charge in [-0.3, -0.25) is 4.90 Å². The molecule has 35 heavy (non-hydrogen) atoms. The van der Waals surface area contributed by atoms with Crippen LogP contribution in [-0.2, 0) is 9.47 Å². The van der Waals surface area contributed by atoms with Crippen LogP contribution < -0.4 is 14.8 Å². The Kier molecular flexibility index (Phi) is 8.80. The molecule has 1 aromatic heterocycles. The molecular formula is C23H24BrCl3N4O4. The van der Waals surface area contributed by atoms with E-state index in [1.165, 1.54) is 6.33 Å². The van der Waals surface area contributed by atoms with Crippen LogP contribution in [0.5, 0.6) is 11.5 Å². The number of fused-ring (bicyclic) bond motifs is 2. The number of halogens is 4. The van der Waals surface area contributed by atoms with Gasteiger partial charge in [-0.1, -0.05) is 23.2 Å². The first kappa shape index (κ1) is 26.5. The van der Waals surface area contributed by atoms with E-state index in [1.807, 2.05) is 24.3 Å². The number of hydrogen-bond donors (Lipinski definition) is 1. The molecule has 8 nitrogen and oxygen atoms in total. The molecule has 2 aliphatic heterocycles. The lowest BCUT2D eigenvalue weighted by atomic mass is 10.1. The molecule has 0 spiro atoms. The average molecular weight is 607 g/mol. The van der Waals surface area contributed by atoms with Crippen molar-refractivity contribution < 1.29 is 18.9 Å². The average Bonchev–Trinajstić information content (AvgIpc) is 2.87. The number of aromatic nitrogens is 2. The monoisotopic (exact) mass is 604 g/mol. The van der Waals surface area contributed by atoms with Crippen molar-refractivity contribution in [2.45, 2.75) is 12.1 Å². The Morgan fingerprint density at radius 2 is 2.03 bits per heavy atom. The Balaban J connectivity index is 0.00000289. The smallest absolute Gasteiger partial charge is 0.163 e. The lowest BCUT2D eigenvalue weighted by molar-refractivity contribution is -0.124. The standard InChI is InChI=1S/C23H23BrCl2N4O4.ClH/c1-31-19-6-15-18(27-12-28-23(15)29-17-3-2-16(24)21(25)22(17)26)7-20(19)34-11-14-8-30-4-5-32-9-13(30)10-33-14;/h2-3,6-7,12-14H,4-5,8-11H2,1H3,(H,27,28,29);1H/t13-,14+;/m0./s1. The number of morpholine rings is 2. The zero-order valence-electron chi connectivity index (χ0n) is 18.8. The van der Waals surface area contributed by atoms with Crippen molar-refractivity contribution in [3.05, 3.63) is 45.1 Å². The summed E-state index contributed by atoms with van der Waals surface area (Å²) in [6.45, 7) is 4.28. The van der Waals surface area contributed by atoms with Gasteiger partial charge in [0, 0.05) is 29.0 Å². The highest BCUT2D eigenvalue weighted by Gasteiger charge is 2.31. The topological polar surface area (TPSA) is 78.0 Å². The van der Waals surface area contributed by atoms with Crippen LogP contribution in [0.3, 0.4) is 0 Å². The molecule has 5 rings (SSSR count). The third kappa shape index (κ3) is 5.72. The first-order valence-corrected chi connectivity index (χ1v) is 12.4. The highest BCUT2D eigenvalue weighted by atomic mass is 79.9. The molecule has 0 aliphatic carbocycles. The second-order valence-corrected chi connectivity index (χ2v) is 9.69. The number of nitrogens with one attached hydrogen (secondary N) is 1. The number of nitrogens with zero attached hydrogens (tertiary/aromatic N) is 3. The lowest BCUT2D eigenvalue weighted by Crippen LogP contribution is -2.56. The predicted octanol–water partition coefficient (Wildman–Crippen LogP) is 5.35. The molecule has 0 amide bonds. The summed E-state index contributed by atoms with van der Waals surface area (Å²) in [6, 6.07) is 7.67. The first-order valence-electron chi connectivity index (χ1n) is 10.8. The van der Waals surface area contributed by atoms with Gasteiger partial charge in [-0.05, 0) is 34.1 Å². The molecule has 3 heterocycles. The molecule has 0 radical (unpaired) electrons. The van der Waals surface area contributed by atoms with E-state index in [0.29, 0.717) is 62.3 Å². The van der Waals surface area contributed by atoms with Crippen LogP contribution in [0.2, 0.25) is 10.0 Å². The van der Waals surface area contributed by atoms with Gasteiger partial charge in [0.05, 0.1) is 54.2 Å². The SMILES string of the molecule is COc1cc2c(Nc3ccc(Br)c(Cl)c3Cl)ncnc2cc1OC[C@H]1CN2CCOC[C@H]2CO1.Cl. The normalized spacial score (nSPS) is 20.1. The van der Waals surface area contributed by atoms with Crippen molar-refractivity contribution in [2.75, 3.05) is 51.9 Å². The number of methoxy groups -OCH3 is 1. The zero-order valence-corrected chi connectivity index (χ0v) is 22.7. The Morgan fingerprint density at radius 3 is 2.86 bits per heavy atom. The number of ether oxygens (including phenoxy) is 4. The quantitative estimate of drug-likeness (QED) is 0.377. The number of rotatable bonds is 6. The van der Waals surface area contributed by atoms with E-state index in [0.717, 1.165) is 31.7 Å². The van der Waals surface area contributed by atoms with Crippen molar-refractivity contribution in [1.29, 1.82) is 0 Å². The fourth-order valence-electron chi connectivity index (χ4n) is 4.11. The van der Waals surface area contributed by atoms with Gasteiger partial charge in [0.25, 0.3) is 0 Å². The van der Waals surface area contributed by atoms with E-state index in [4.69, 9.17) is 42.1 Å². The molecule has 188 valence electrons. The van der Waals surface area contributed by atoms with Gasteiger partial charge < -0.3 is 24.3 Å². The Hall–Kier alpha value is -1.59. The number of hydrogen-bond acceptors (Lipinski definition) is 8.